The number of methoxy groups -OCH3 is 1. The van der Waals surface area contributed by atoms with E-state index in [-0.39, 0.29) is 16.5 Å². The number of nitrogens with zero attached hydrogens (tertiary/aromatic N) is 1. The van der Waals surface area contributed by atoms with Crippen molar-refractivity contribution in [2.75, 3.05) is 31.2 Å². The first-order valence-electron chi connectivity index (χ1n) is 12.1. The molecular weight excluding hydrogens is 466 g/mol. The van der Waals surface area contributed by atoms with Crippen LogP contribution in [0.5, 0.6) is 5.75 Å². The Labute approximate surface area is 207 Å². The molecule has 2 aliphatic heterocycles. The molecule has 2 heterocycles. The van der Waals surface area contributed by atoms with E-state index in [0.29, 0.717) is 43.6 Å². The number of ether oxygens (including phenoxy) is 3. The van der Waals surface area contributed by atoms with Crippen LogP contribution in [0.2, 0.25) is 0 Å². The summed E-state index contributed by atoms with van der Waals surface area (Å²) in [6.45, 7) is 7.63. The topological polar surface area (TPSA) is 82.1 Å². The van der Waals surface area contributed by atoms with E-state index in [0.717, 1.165) is 36.8 Å². The van der Waals surface area contributed by atoms with Gasteiger partial charge in [-0.15, -0.1) is 0 Å². The Hall–Kier alpha value is -2.84. The normalized spacial score (nSPS) is 18.6. The van der Waals surface area contributed by atoms with Crippen LogP contribution in [0.3, 0.4) is 0 Å². The zero-order valence-electron chi connectivity index (χ0n) is 20.4. The molecule has 2 aliphatic rings. The number of hydrogen-bond donors (Lipinski definition) is 0. The van der Waals surface area contributed by atoms with E-state index in [4.69, 9.17) is 14.2 Å². The number of aryl methyl sites for hydroxylation is 1. The monoisotopic (exact) mass is 499 g/mol. The van der Waals surface area contributed by atoms with Crippen LogP contribution in [0.15, 0.2) is 47.9 Å². The zero-order valence-corrected chi connectivity index (χ0v) is 21.2. The van der Waals surface area contributed by atoms with Gasteiger partial charge in [0.05, 0.1) is 24.3 Å². The Morgan fingerprint density at radius 3 is 2.63 bits per heavy atom. The van der Waals surface area contributed by atoms with Crippen LogP contribution in [0.1, 0.15) is 54.1 Å². The fraction of sp³-hybridized carbons (Fsp3) is 0.444. The molecule has 0 aliphatic carbocycles. The van der Waals surface area contributed by atoms with Crippen LogP contribution in [0.4, 0.5) is 5.69 Å². The fourth-order valence-electron chi connectivity index (χ4n) is 4.78. The van der Waals surface area contributed by atoms with Crippen molar-refractivity contribution in [2.24, 2.45) is 5.92 Å². The maximum atomic E-state index is 14.0. The van der Waals surface area contributed by atoms with Gasteiger partial charge in [-0.2, -0.15) is 0 Å². The number of benzene rings is 2. The summed E-state index contributed by atoms with van der Waals surface area (Å²) in [7, 11) is -2.67. The quantitative estimate of drug-likeness (QED) is 0.484. The molecule has 2 aromatic carbocycles. The van der Waals surface area contributed by atoms with Gasteiger partial charge in [0, 0.05) is 19.3 Å². The van der Waals surface area contributed by atoms with Gasteiger partial charge in [0.25, 0.3) is 10.0 Å². The lowest BCUT2D eigenvalue weighted by atomic mass is 9.95. The predicted octanol–water partition coefficient (Wildman–Crippen LogP) is 4.84. The zero-order chi connectivity index (χ0) is 25.0. The first kappa shape index (κ1) is 25.3. The van der Waals surface area contributed by atoms with Gasteiger partial charge in [0.2, 0.25) is 0 Å². The number of rotatable bonds is 8. The van der Waals surface area contributed by atoms with E-state index < -0.39 is 16.0 Å². The molecular formula is C27H33NO6S. The van der Waals surface area contributed by atoms with Crippen LogP contribution in [0, 0.1) is 5.92 Å². The van der Waals surface area contributed by atoms with Crippen LogP contribution in [-0.4, -0.2) is 47.4 Å². The second kappa shape index (κ2) is 10.8. The van der Waals surface area contributed by atoms with Gasteiger partial charge in [-0.3, -0.25) is 4.31 Å². The summed E-state index contributed by atoms with van der Waals surface area (Å²) in [6.07, 6.45) is 5.74. The molecule has 0 bridgehead atoms. The molecule has 0 aromatic heterocycles. The summed E-state index contributed by atoms with van der Waals surface area (Å²) in [5.41, 5.74) is 2.71. The lowest BCUT2D eigenvalue weighted by Gasteiger charge is -2.37. The van der Waals surface area contributed by atoms with Crippen molar-refractivity contribution < 1.29 is 27.4 Å². The number of sulfonamides is 1. The molecule has 188 valence electrons. The Morgan fingerprint density at radius 1 is 1.17 bits per heavy atom. The number of carbonyl (C=O) groups excluding carboxylic acids is 1. The van der Waals surface area contributed by atoms with E-state index in [1.54, 1.807) is 12.1 Å². The van der Waals surface area contributed by atoms with Gasteiger partial charge in [-0.25, -0.2) is 13.2 Å². The fourth-order valence-corrected chi connectivity index (χ4v) is 6.60. The third-order valence-corrected chi connectivity index (χ3v) is 8.72. The largest absolute Gasteiger partial charge is 0.492 e. The molecule has 35 heavy (non-hydrogen) atoms. The van der Waals surface area contributed by atoms with Gasteiger partial charge in [0.15, 0.2) is 0 Å². The molecule has 8 heteroatoms. The predicted molar refractivity (Wildman–Crippen MR) is 135 cm³/mol. The molecule has 0 N–H and O–H groups in total. The van der Waals surface area contributed by atoms with E-state index in [1.165, 1.54) is 23.5 Å². The Balaban J connectivity index is 1.70. The summed E-state index contributed by atoms with van der Waals surface area (Å²) < 4.78 is 45.7. The van der Waals surface area contributed by atoms with Crippen LogP contribution >= 0.6 is 0 Å². The number of fused-ring (bicyclic) bond motifs is 1. The molecule has 2 aromatic rings. The highest BCUT2D eigenvalue weighted by molar-refractivity contribution is 7.92. The van der Waals surface area contributed by atoms with Crippen molar-refractivity contribution in [3.63, 3.8) is 0 Å². The number of esters is 1. The molecule has 0 saturated carbocycles. The second-order valence-corrected chi connectivity index (χ2v) is 10.8. The van der Waals surface area contributed by atoms with Crippen molar-refractivity contribution in [3.05, 3.63) is 59.7 Å². The van der Waals surface area contributed by atoms with Gasteiger partial charge in [-0.05, 0) is 79.5 Å². The maximum absolute atomic E-state index is 14.0. The Morgan fingerprint density at radius 2 is 1.94 bits per heavy atom. The molecule has 1 fully saturated rings. The molecule has 4 rings (SSSR count). The minimum Gasteiger partial charge on any atom is -0.492 e. The van der Waals surface area contributed by atoms with Crippen molar-refractivity contribution in [2.45, 2.75) is 50.0 Å². The third-order valence-electron chi connectivity index (χ3n) is 6.86. The molecule has 0 radical (unpaired) electrons. The number of carbonyl (C=O) groups is 1. The summed E-state index contributed by atoms with van der Waals surface area (Å²) in [6, 6.07) is 9.99. The minimum atomic E-state index is -3.95. The minimum absolute atomic E-state index is 0.0374. The summed E-state index contributed by atoms with van der Waals surface area (Å²) in [4.78, 5) is 12.6. The van der Waals surface area contributed by atoms with Crippen molar-refractivity contribution in [1.82, 2.24) is 0 Å². The molecule has 7 nitrogen and oxygen atoms in total. The SMILES string of the molecule is C=Cc1ccc2c(c1)CC[C@H](CC)N2S(=O)(=O)c1ccc(OCC2CCOCC2)c(C(=O)OC)c1. The smallest absolute Gasteiger partial charge is 0.341 e. The highest BCUT2D eigenvalue weighted by atomic mass is 32.2. The average molecular weight is 500 g/mol. The molecule has 0 amide bonds. The Bertz CT molecular complexity index is 1190. The second-order valence-electron chi connectivity index (χ2n) is 9.01. The van der Waals surface area contributed by atoms with E-state index in [9.17, 15) is 13.2 Å². The number of hydrogen-bond acceptors (Lipinski definition) is 6. The first-order valence-corrected chi connectivity index (χ1v) is 13.6. The number of anilines is 1. The molecule has 1 atom stereocenters. The summed E-state index contributed by atoms with van der Waals surface area (Å²) >= 11 is 0. The van der Waals surface area contributed by atoms with Gasteiger partial charge in [0.1, 0.15) is 11.3 Å². The van der Waals surface area contributed by atoms with E-state index in [2.05, 4.69) is 6.58 Å². The lowest BCUT2D eigenvalue weighted by molar-refractivity contribution is 0.0483. The average Bonchev–Trinajstić information content (AvgIpc) is 2.90. The third kappa shape index (κ3) is 5.23. The summed E-state index contributed by atoms with van der Waals surface area (Å²) in [5.74, 6) is 0.0167. The molecule has 0 spiro atoms. The van der Waals surface area contributed by atoms with E-state index >= 15 is 0 Å². The van der Waals surface area contributed by atoms with Gasteiger partial charge >= 0.3 is 5.97 Å². The van der Waals surface area contributed by atoms with Gasteiger partial charge < -0.3 is 14.2 Å². The highest BCUT2D eigenvalue weighted by Gasteiger charge is 2.36. The van der Waals surface area contributed by atoms with Crippen LogP contribution in [0.25, 0.3) is 6.08 Å². The standard InChI is InChI=1S/C27H33NO6S/c1-4-19-6-10-25-21(16-19)7-8-22(5-2)28(25)35(30,31)23-9-11-26(24(17-23)27(29)32-3)34-18-20-12-14-33-15-13-20/h4,6,9-11,16-17,20,22H,1,5,7-8,12-15,18H2,2-3H3/t22-/m0/s1. The van der Waals surface area contributed by atoms with Crippen molar-refractivity contribution in [1.29, 1.82) is 0 Å². The lowest BCUT2D eigenvalue weighted by Crippen LogP contribution is -2.43. The van der Waals surface area contributed by atoms with E-state index in [1.807, 2.05) is 25.1 Å². The summed E-state index contributed by atoms with van der Waals surface area (Å²) in [5, 5.41) is 0. The van der Waals surface area contributed by atoms with Crippen LogP contribution < -0.4 is 9.04 Å². The molecule has 0 unspecified atom stereocenters. The van der Waals surface area contributed by atoms with Gasteiger partial charge in [-0.1, -0.05) is 25.6 Å². The van der Waals surface area contributed by atoms with Crippen molar-refractivity contribution in [3.8, 4) is 5.75 Å². The van der Waals surface area contributed by atoms with Crippen LogP contribution in [-0.2, 0) is 25.9 Å². The Kier molecular flexibility index (Phi) is 7.82. The molecule has 1 saturated heterocycles. The first-order chi connectivity index (χ1) is 16.9. The highest BCUT2D eigenvalue weighted by Crippen LogP contribution is 2.38. The van der Waals surface area contributed by atoms with Crippen molar-refractivity contribution >= 4 is 27.8 Å². The maximum Gasteiger partial charge on any atom is 0.341 e.